The molecule has 0 heterocycles. The van der Waals surface area contributed by atoms with E-state index in [1.165, 1.54) is 82.1 Å². The number of rotatable bonds is 11. The van der Waals surface area contributed by atoms with Gasteiger partial charge in [0.05, 0.1) is 5.56 Å². The summed E-state index contributed by atoms with van der Waals surface area (Å²) in [7, 11) is 0. The van der Waals surface area contributed by atoms with Gasteiger partial charge in [-0.25, -0.2) is 13.2 Å². The molecular weight excluding hydrogens is 505 g/mol. The zero-order chi connectivity index (χ0) is 27.9. The zero-order valence-electron chi connectivity index (χ0n) is 23.8. The van der Waals surface area contributed by atoms with Crippen molar-refractivity contribution in [3.8, 4) is 16.9 Å². The highest BCUT2D eigenvalue weighted by Gasteiger charge is 2.36. The molecule has 0 bridgehead atoms. The van der Waals surface area contributed by atoms with E-state index in [2.05, 4.69) is 6.92 Å². The average Bonchev–Trinajstić information content (AvgIpc) is 2.96. The lowest BCUT2D eigenvalue weighted by Crippen LogP contribution is -2.30. The quantitative estimate of drug-likeness (QED) is 0.217. The summed E-state index contributed by atoms with van der Waals surface area (Å²) in [6.07, 6.45) is 15.2. The third-order valence-electron chi connectivity index (χ3n) is 9.43. The molecule has 0 radical (unpaired) electrons. The van der Waals surface area contributed by atoms with Gasteiger partial charge in [0.25, 0.3) is 0 Å². The molecule has 0 aliphatic heterocycles. The average molecular weight is 549 g/mol. The minimum Gasteiger partial charge on any atom is -0.486 e. The van der Waals surface area contributed by atoms with Gasteiger partial charge in [0.1, 0.15) is 18.2 Å². The van der Waals surface area contributed by atoms with Gasteiger partial charge in [0.15, 0.2) is 11.6 Å². The lowest BCUT2D eigenvalue weighted by molar-refractivity contribution is 0.113. The smallest absolute Gasteiger partial charge is 0.165 e. The number of benzene rings is 3. The molecule has 214 valence electrons. The Morgan fingerprint density at radius 2 is 1.45 bits per heavy atom. The molecule has 2 aliphatic rings. The first-order valence-electron chi connectivity index (χ1n) is 15.5. The number of unbranched alkanes of at least 4 members (excludes halogenated alkanes) is 4. The number of hydrogen-bond acceptors (Lipinski definition) is 1. The monoisotopic (exact) mass is 548 g/mol. The molecule has 2 fully saturated rings. The van der Waals surface area contributed by atoms with E-state index in [0.29, 0.717) is 5.92 Å². The first-order chi connectivity index (χ1) is 19.5. The Morgan fingerprint density at radius 3 is 2.20 bits per heavy atom. The standard InChI is InChI=1S/C36H43F3O/c1-2-3-4-5-7-10-25-13-14-28-20-29(16-15-27(28)19-25)31-22-33(38)36(34(39)23-31)30-17-18-35(32(37)21-30)40-24-26-11-8-6-9-12-26/h6,8-9,11-12,17-18,21-23,25,27-29H,2-5,7,10,13-16,19-20,24H2,1H3/t25?,27-,28-,29-/m1/s1. The van der Waals surface area contributed by atoms with E-state index in [9.17, 15) is 4.39 Å². The van der Waals surface area contributed by atoms with E-state index in [0.717, 1.165) is 48.3 Å². The normalized spacial score (nSPS) is 22.6. The Labute approximate surface area is 238 Å². The van der Waals surface area contributed by atoms with Gasteiger partial charge in [-0.05, 0) is 96.7 Å². The van der Waals surface area contributed by atoms with Gasteiger partial charge in [0.2, 0.25) is 0 Å². The van der Waals surface area contributed by atoms with Crippen LogP contribution in [0.15, 0.2) is 60.7 Å². The molecule has 4 heteroatoms. The van der Waals surface area contributed by atoms with Crippen molar-refractivity contribution in [1.82, 2.24) is 0 Å². The van der Waals surface area contributed by atoms with Crippen molar-refractivity contribution >= 4 is 0 Å². The fourth-order valence-electron chi connectivity index (χ4n) is 7.20. The van der Waals surface area contributed by atoms with Crippen LogP contribution in [0.5, 0.6) is 5.75 Å². The molecule has 3 aromatic rings. The Bertz CT molecular complexity index is 1220. The van der Waals surface area contributed by atoms with Gasteiger partial charge >= 0.3 is 0 Å². The third-order valence-corrected chi connectivity index (χ3v) is 9.43. The molecule has 2 saturated carbocycles. The SMILES string of the molecule is CCCCCCCC1CC[C@@H]2C[C@H](c3cc(F)c(-c4ccc(OCc5ccccc5)c(F)c4)c(F)c3)CC[C@@H]2C1. The highest BCUT2D eigenvalue weighted by Crippen LogP contribution is 2.49. The second kappa shape index (κ2) is 13.7. The van der Waals surface area contributed by atoms with E-state index < -0.39 is 17.5 Å². The molecule has 2 aliphatic carbocycles. The summed E-state index contributed by atoms with van der Waals surface area (Å²) >= 11 is 0. The van der Waals surface area contributed by atoms with Crippen LogP contribution in [0, 0.1) is 35.2 Å². The number of hydrogen-bond donors (Lipinski definition) is 0. The predicted octanol–water partition coefficient (Wildman–Crippen LogP) is 11.0. The summed E-state index contributed by atoms with van der Waals surface area (Å²) in [5.41, 5.74) is 1.67. The van der Waals surface area contributed by atoms with Crippen LogP contribution in [0.1, 0.15) is 101 Å². The van der Waals surface area contributed by atoms with Crippen molar-refractivity contribution in [3.63, 3.8) is 0 Å². The van der Waals surface area contributed by atoms with Crippen molar-refractivity contribution in [2.45, 2.75) is 96.5 Å². The first kappa shape index (κ1) is 28.8. The van der Waals surface area contributed by atoms with E-state index >= 15 is 8.78 Å². The summed E-state index contributed by atoms with van der Waals surface area (Å²) in [5.74, 6) is 0.671. The molecule has 1 nitrogen and oxygen atoms in total. The number of halogens is 3. The summed E-state index contributed by atoms with van der Waals surface area (Å²) in [6, 6.07) is 16.6. The topological polar surface area (TPSA) is 9.23 Å². The molecule has 40 heavy (non-hydrogen) atoms. The molecular formula is C36H43F3O. The Balaban J connectivity index is 1.19. The van der Waals surface area contributed by atoms with Crippen LogP contribution in [0.25, 0.3) is 11.1 Å². The first-order valence-corrected chi connectivity index (χ1v) is 15.5. The fourth-order valence-corrected chi connectivity index (χ4v) is 7.20. The van der Waals surface area contributed by atoms with Crippen molar-refractivity contribution in [3.05, 3.63) is 89.2 Å². The second-order valence-electron chi connectivity index (χ2n) is 12.2. The minimum atomic E-state index is -0.633. The van der Waals surface area contributed by atoms with Crippen LogP contribution in [0.3, 0.4) is 0 Å². The van der Waals surface area contributed by atoms with Crippen LogP contribution in [0.4, 0.5) is 13.2 Å². The molecule has 0 spiro atoms. The minimum absolute atomic E-state index is 0.0630. The molecule has 3 aromatic carbocycles. The molecule has 0 aromatic heterocycles. The summed E-state index contributed by atoms with van der Waals surface area (Å²) in [4.78, 5) is 0. The lowest BCUT2D eigenvalue weighted by Gasteiger charge is -2.42. The molecule has 4 atom stereocenters. The van der Waals surface area contributed by atoms with E-state index in [4.69, 9.17) is 4.74 Å². The van der Waals surface area contributed by atoms with Gasteiger partial charge in [-0.1, -0.05) is 88.3 Å². The molecule has 0 amide bonds. The maximum Gasteiger partial charge on any atom is 0.165 e. The predicted molar refractivity (Wildman–Crippen MR) is 157 cm³/mol. The summed E-state index contributed by atoms with van der Waals surface area (Å²) in [5, 5.41) is 0. The van der Waals surface area contributed by atoms with Crippen LogP contribution < -0.4 is 4.74 Å². The maximum absolute atomic E-state index is 15.3. The van der Waals surface area contributed by atoms with Gasteiger partial charge in [-0.2, -0.15) is 0 Å². The van der Waals surface area contributed by atoms with Crippen molar-refractivity contribution < 1.29 is 17.9 Å². The van der Waals surface area contributed by atoms with Crippen LogP contribution >= 0.6 is 0 Å². The highest BCUT2D eigenvalue weighted by atomic mass is 19.1. The van der Waals surface area contributed by atoms with Crippen molar-refractivity contribution in [2.75, 3.05) is 0 Å². The van der Waals surface area contributed by atoms with Gasteiger partial charge in [-0.3, -0.25) is 0 Å². The largest absolute Gasteiger partial charge is 0.486 e. The highest BCUT2D eigenvalue weighted by molar-refractivity contribution is 5.66. The Hall–Kier alpha value is -2.75. The lowest BCUT2D eigenvalue weighted by atomic mass is 9.63. The van der Waals surface area contributed by atoms with Gasteiger partial charge in [-0.15, -0.1) is 0 Å². The van der Waals surface area contributed by atoms with Crippen LogP contribution in [0.2, 0.25) is 0 Å². The van der Waals surface area contributed by atoms with E-state index in [1.54, 1.807) is 0 Å². The second-order valence-corrected chi connectivity index (χ2v) is 12.2. The number of ether oxygens (including phenoxy) is 1. The molecule has 0 N–H and O–H groups in total. The number of fused-ring (bicyclic) bond motifs is 1. The van der Waals surface area contributed by atoms with E-state index in [-0.39, 0.29) is 29.4 Å². The Kier molecular flexibility index (Phi) is 9.88. The Morgan fingerprint density at radius 1 is 0.725 bits per heavy atom. The van der Waals surface area contributed by atoms with E-state index in [1.807, 2.05) is 30.3 Å². The van der Waals surface area contributed by atoms with Gasteiger partial charge in [0, 0.05) is 0 Å². The zero-order valence-corrected chi connectivity index (χ0v) is 23.8. The molecule has 5 rings (SSSR count). The van der Waals surface area contributed by atoms with Crippen LogP contribution in [-0.2, 0) is 6.61 Å². The molecule has 0 saturated heterocycles. The summed E-state index contributed by atoms with van der Waals surface area (Å²) < 4.78 is 51.1. The van der Waals surface area contributed by atoms with Crippen molar-refractivity contribution in [2.24, 2.45) is 17.8 Å². The van der Waals surface area contributed by atoms with Crippen molar-refractivity contribution in [1.29, 1.82) is 0 Å². The van der Waals surface area contributed by atoms with Crippen LogP contribution in [-0.4, -0.2) is 0 Å². The third kappa shape index (κ3) is 7.11. The fraction of sp³-hybridized carbons (Fsp3) is 0.500. The summed E-state index contributed by atoms with van der Waals surface area (Å²) in [6.45, 7) is 2.48. The van der Waals surface area contributed by atoms with Gasteiger partial charge < -0.3 is 4.74 Å². The maximum atomic E-state index is 15.3. The molecule has 1 unspecified atom stereocenters.